The second-order valence-corrected chi connectivity index (χ2v) is 8.32. The molecule has 10 nitrogen and oxygen atoms in total. The van der Waals surface area contributed by atoms with Gasteiger partial charge in [0, 0.05) is 21.9 Å². The highest BCUT2D eigenvalue weighted by atomic mass is 19.4. The topological polar surface area (TPSA) is 116 Å². The van der Waals surface area contributed by atoms with Crippen LogP contribution in [0.25, 0.3) is 28.0 Å². The van der Waals surface area contributed by atoms with E-state index in [1.54, 1.807) is 23.1 Å². The number of anilines is 2. The van der Waals surface area contributed by atoms with E-state index in [1.165, 1.54) is 24.7 Å². The van der Waals surface area contributed by atoms with Crippen molar-refractivity contribution in [3.63, 3.8) is 0 Å². The van der Waals surface area contributed by atoms with Gasteiger partial charge in [-0.1, -0.05) is 12.1 Å². The number of aromatic nitrogens is 7. The van der Waals surface area contributed by atoms with Crippen LogP contribution >= 0.6 is 0 Å². The molecule has 0 aliphatic heterocycles. The minimum absolute atomic E-state index is 0.0706. The first-order valence-electron chi connectivity index (χ1n) is 14.0. The fourth-order valence-corrected chi connectivity index (χ4v) is 3.73. The highest BCUT2D eigenvalue weighted by Gasteiger charge is 2.27. The molecule has 5 aromatic rings. The molecule has 0 bridgehead atoms. The first kappa shape index (κ1) is 20.2. The lowest BCUT2D eigenvalue weighted by atomic mass is 10.1. The molecule has 2 N–H and O–H groups in total. The van der Waals surface area contributed by atoms with Crippen LogP contribution in [-0.4, -0.2) is 54.0 Å². The summed E-state index contributed by atoms with van der Waals surface area (Å²) in [6.45, 7) is -5.51. The summed E-state index contributed by atoms with van der Waals surface area (Å²) in [5, 5.41) is 9.52. The SMILES string of the molecule is [2H]C([2H])([2H])C([2H])([2H])Oc1ccc(-c2ccc3nc(N[C@H](C)c4ccc(-n5cncn5)cc4)nc(NCC(F)(F)F)c3n2)cn1. The van der Waals surface area contributed by atoms with E-state index < -0.39 is 26.1 Å². The number of hydrogen-bond donors (Lipinski definition) is 2. The number of ether oxygens (including phenoxy) is 1. The molecule has 0 saturated heterocycles. The van der Waals surface area contributed by atoms with Crippen molar-refractivity contribution in [3.8, 4) is 22.8 Å². The summed E-state index contributed by atoms with van der Waals surface area (Å²) < 4.78 is 82.9. The molecule has 0 aliphatic carbocycles. The fraction of sp³-hybridized carbons (Fsp3) is 0.231. The van der Waals surface area contributed by atoms with Crippen LogP contribution in [-0.2, 0) is 0 Å². The van der Waals surface area contributed by atoms with E-state index in [9.17, 15) is 13.2 Å². The molecule has 1 atom stereocenters. The maximum absolute atomic E-state index is 13.1. The molecule has 5 rings (SSSR count). The van der Waals surface area contributed by atoms with Crippen LogP contribution < -0.4 is 15.4 Å². The van der Waals surface area contributed by atoms with Gasteiger partial charge in [0.25, 0.3) is 0 Å². The third-order valence-corrected chi connectivity index (χ3v) is 5.61. The highest BCUT2D eigenvalue weighted by molar-refractivity contribution is 5.88. The number of nitrogens with zero attached hydrogens (tertiary/aromatic N) is 7. The molecule has 4 heterocycles. The van der Waals surface area contributed by atoms with Gasteiger partial charge in [0.15, 0.2) is 5.82 Å². The summed E-state index contributed by atoms with van der Waals surface area (Å²) in [4.78, 5) is 21.1. The van der Waals surface area contributed by atoms with Gasteiger partial charge in [0.1, 0.15) is 24.7 Å². The Morgan fingerprint density at radius 1 is 1.08 bits per heavy atom. The van der Waals surface area contributed by atoms with Gasteiger partial charge >= 0.3 is 6.18 Å². The largest absolute Gasteiger partial charge is 0.478 e. The molecule has 13 heteroatoms. The zero-order chi connectivity index (χ0) is 31.7. The van der Waals surface area contributed by atoms with E-state index in [-0.39, 0.29) is 34.7 Å². The van der Waals surface area contributed by atoms with Crippen LogP contribution in [0.5, 0.6) is 5.88 Å². The fourth-order valence-electron chi connectivity index (χ4n) is 3.73. The molecule has 0 fully saturated rings. The van der Waals surface area contributed by atoms with Gasteiger partial charge in [-0.3, -0.25) is 0 Å². The molecule has 0 aliphatic rings. The zero-order valence-electron chi connectivity index (χ0n) is 25.3. The van der Waals surface area contributed by atoms with Crippen LogP contribution in [0.15, 0.2) is 67.4 Å². The lowest BCUT2D eigenvalue weighted by Crippen LogP contribution is -2.22. The molecule has 1 aromatic carbocycles. The van der Waals surface area contributed by atoms with Crippen LogP contribution in [0.3, 0.4) is 0 Å². The Labute approximate surface area is 228 Å². The Bertz CT molecular complexity index is 1730. The van der Waals surface area contributed by atoms with Gasteiger partial charge in [0.2, 0.25) is 11.8 Å². The number of rotatable bonds is 9. The van der Waals surface area contributed by atoms with Gasteiger partial charge in [0.05, 0.1) is 32.2 Å². The average Bonchev–Trinajstić information content (AvgIpc) is 3.50. The molecule has 4 aromatic heterocycles. The van der Waals surface area contributed by atoms with Crippen molar-refractivity contribution in [1.29, 1.82) is 0 Å². The van der Waals surface area contributed by atoms with Crippen LogP contribution in [0.1, 0.15) is 32.2 Å². The molecule has 200 valence electrons. The number of hydrogen-bond acceptors (Lipinski definition) is 9. The number of fused-ring (bicyclic) bond motifs is 1. The van der Waals surface area contributed by atoms with E-state index in [4.69, 9.17) is 11.6 Å². The average molecular weight is 541 g/mol. The first-order valence-corrected chi connectivity index (χ1v) is 11.5. The molecule has 0 saturated carbocycles. The van der Waals surface area contributed by atoms with Crippen molar-refractivity contribution in [1.82, 2.24) is 34.7 Å². The predicted molar refractivity (Wildman–Crippen MR) is 140 cm³/mol. The normalized spacial score (nSPS) is 14.9. The van der Waals surface area contributed by atoms with E-state index in [0.29, 0.717) is 11.3 Å². The number of nitrogens with one attached hydrogen (secondary N) is 2. The predicted octanol–water partition coefficient (Wildman–Crippen LogP) is 5.21. The molecule has 0 spiro atoms. The third kappa shape index (κ3) is 6.20. The molecule has 0 radical (unpaired) electrons. The van der Waals surface area contributed by atoms with Crippen molar-refractivity contribution in [2.75, 3.05) is 23.7 Å². The summed E-state index contributed by atoms with van der Waals surface area (Å²) in [7, 11) is 0. The van der Waals surface area contributed by atoms with Gasteiger partial charge < -0.3 is 15.4 Å². The lowest BCUT2D eigenvalue weighted by molar-refractivity contribution is -0.115. The van der Waals surface area contributed by atoms with Gasteiger partial charge in [-0.05, 0) is 49.7 Å². The van der Waals surface area contributed by atoms with Crippen LogP contribution in [0, 0.1) is 0 Å². The molecule has 39 heavy (non-hydrogen) atoms. The van der Waals surface area contributed by atoms with E-state index in [1.807, 2.05) is 31.2 Å². The molecular weight excluding hydrogens is 511 g/mol. The minimum Gasteiger partial charge on any atom is -0.478 e. The second kappa shape index (κ2) is 10.9. The van der Waals surface area contributed by atoms with Crippen molar-refractivity contribution < 1.29 is 24.8 Å². The lowest BCUT2D eigenvalue weighted by Gasteiger charge is -2.17. The van der Waals surface area contributed by atoms with E-state index in [2.05, 4.69) is 40.7 Å². The first-order chi connectivity index (χ1) is 20.7. The molecule has 0 unspecified atom stereocenters. The van der Waals surface area contributed by atoms with Gasteiger partial charge in [-0.25, -0.2) is 24.6 Å². The Morgan fingerprint density at radius 3 is 2.62 bits per heavy atom. The maximum Gasteiger partial charge on any atom is 0.405 e. The number of benzene rings is 1. The van der Waals surface area contributed by atoms with Crippen molar-refractivity contribution in [2.45, 2.75) is 26.0 Å². The second-order valence-electron chi connectivity index (χ2n) is 8.32. The molecule has 0 amide bonds. The Morgan fingerprint density at radius 2 is 1.92 bits per heavy atom. The number of halogens is 3. The van der Waals surface area contributed by atoms with E-state index >= 15 is 0 Å². The Hall–Kier alpha value is -4.81. The van der Waals surface area contributed by atoms with Crippen LogP contribution in [0.2, 0.25) is 0 Å². The number of pyridine rings is 2. The number of alkyl halides is 3. The van der Waals surface area contributed by atoms with Crippen molar-refractivity contribution >= 4 is 22.8 Å². The highest BCUT2D eigenvalue weighted by Crippen LogP contribution is 2.28. The smallest absolute Gasteiger partial charge is 0.405 e. The summed E-state index contributed by atoms with van der Waals surface area (Å²) in [6, 6.07) is 13.0. The molecular formula is C26H24F3N9O. The van der Waals surface area contributed by atoms with E-state index in [0.717, 1.165) is 11.3 Å². The summed E-state index contributed by atoms with van der Waals surface area (Å²) in [6.07, 6.45) is -0.263. The summed E-state index contributed by atoms with van der Waals surface area (Å²) in [5.74, 6) is -0.343. The van der Waals surface area contributed by atoms with Crippen molar-refractivity contribution in [3.05, 3.63) is 72.9 Å². The summed E-state index contributed by atoms with van der Waals surface area (Å²) >= 11 is 0. The third-order valence-electron chi connectivity index (χ3n) is 5.61. The standard InChI is InChI=1S/C26H24F3N9O/c1-3-39-22-11-6-18(12-31-22)20-9-10-21-23(35-20)24(32-13-26(27,28)29)37-25(36-21)34-16(2)17-4-7-19(8-5-17)38-15-30-14-33-38/h4-12,14-16H,3,13H2,1-2H3,(H2,32,34,36,37)/t16-/m1/s1/i1D3,3D2. The summed E-state index contributed by atoms with van der Waals surface area (Å²) in [5.41, 5.74) is 2.71. The maximum atomic E-state index is 13.1. The zero-order valence-corrected chi connectivity index (χ0v) is 20.3. The van der Waals surface area contributed by atoms with Crippen molar-refractivity contribution in [2.24, 2.45) is 0 Å². The minimum atomic E-state index is -4.53. The Kier molecular flexibility index (Phi) is 5.64. The van der Waals surface area contributed by atoms with Gasteiger partial charge in [-0.15, -0.1) is 0 Å². The van der Waals surface area contributed by atoms with Crippen LogP contribution in [0.4, 0.5) is 24.9 Å². The quantitative estimate of drug-likeness (QED) is 0.260. The Balaban J connectivity index is 1.41. The monoisotopic (exact) mass is 540 g/mol. The van der Waals surface area contributed by atoms with Gasteiger partial charge in [-0.2, -0.15) is 23.3 Å².